The molecule has 26 heavy (non-hydrogen) atoms. The van der Waals surface area contributed by atoms with E-state index in [1.54, 1.807) is 0 Å². The molecular weight excluding hydrogens is 344 g/mol. The van der Waals surface area contributed by atoms with Gasteiger partial charge in [0.1, 0.15) is 5.75 Å². The van der Waals surface area contributed by atoms with Crippen LogP contribution in [0, 0.1) is 5.92 Å². The van der Waals surface area contributed by atoms with E-state index < -0.39 is 0 Å². The number of hydrogen-bond donors (Lipinski definition) is 2. The smallest absolute Gasteiger partial charge is 0.226 e. The Kier molecular flexibility index (Phi) is 9.46. The van der Waals surface area contributed by atoms with E-state index in [1.165, 1.54) is 38.5 Å². The lowest BCUT2D eigenvalue weighted by Crippen LogP contribution is -2.34. The first-order valence-corrected chi connectivity index (χ1v) is 10.4. The second-order valence-corrected chi connectivity index (χ2v) is 7.56. The number of carbonyl (C=O) groups is 1. The first kappa shape index (κ1) is 20.7. The van der Waals surface area contributed by atoms with E-state index in [9.17, 15) is 4.79 Å². The molecule has 0 aromatic heterocycles. The Balaban J connectivity index is 1.69. The minimum atomic E-state index is 0.00823. The number of nitrogens with one attached hydrogen (secondary N) is 2. The van der Waals surface area contributed by atoms with E-state index in [0.29, 0.717) is 17.5 Å². The molecule has 1 amide bonds. The zero-order valence-electron chi connectivity index (χ0n) is 15.9. The average Bonchev–Trinajstić information content (AvgIpc) is 3.11. The Morgan fingerprint density at radius 3 is 2.73 bits per heavy atom. The van der Waals surface area contributed by atoms with Gasteiger partial charge in [-0.1, -0.05) is 51.5 Å². The van der Waals surface area contributed by atoms with Crippen molar-refractivity contribution in [1.82, 2.24) is 5.32 Å². The minimum absolute atomic E-state index is 0.00823. The van der Waals surface area contributed by atoms with Crippen LogP contribution >= 0.6 is 12.2 Å². The molecule has 0 saturated heterocycles. The number of thiocarbonyl (C=S) groups is 1. The van der Waals surface area contributed by atoms with Gasteiger partial charge in [-0.3, -0.25) is 4.79 Å². The molecule has 1 aromatic rings. The Hall–Kier alpha value is -1.62. The van der Waals surface area contributed by atoms with Crippen LogP contribution in [0.2, 0.25) is 0 Å². The van der Waals surface area contributed by atoms with Gasteiger partial charge in [-0.25, -0.2) is 0 Å². The van der Waals surface area contributed by atoms with E-state index >= 15 is 0 Å². The van der Waals surface area contributed by atoms with E-state index in [0.717, 1.165) is 37.3 Å². The number of ether oxygens (including phenoxy) is 1. The molecule has 1 aliphatic rings. The molecule has 0 radical (unpaired) electrons. The lowest BCUT2D eigenvalue weighted by atomic mass is 10.0. The van der Waals surface area contributed by atoms with Gasteiger partial charge < -0.3 is 15.4 Å². The first-order chi connectivity index (χ1) is 12.7. The number of anilines is 1. The van der Waals surface area contributed by atoms with Crippen LogP contribution < -0.4 is 15.4 Å². The van der Waals surface area contributed by atoms with Crippen LogP contribution in [0.1, 0.15) is 71.1 Å². The largest absolute Gasteiger partial charge is 0.494 e. The number of benzene rings is 1. The molecule has 1 aromatic carbocycles. The Labute approximate surface area is 163 Å². The van der Waals surface area contributed by atoms with Crippen molar-refractivity contribution < 1.29 is 9.53 Å². The SMILES string of the molecule is CCCCCCCOc1cccc(NC(=S)NC(=O)CC2CCCC2)c1. The molecule has 1 aliphatic carbocycles. The molecule has 5 heteroatoms. The fourth-order valence-corrected chi connectivity index (χ4v) is 3.61. The molecule has 4 nitrogen and oxygen atoms in total. The summed E-state index contributed by atoms with van der Waals surface area (Å²) in [5, 5.41) is 6.21. The predicted octanol–water partition coefficient (Wildman–Crippen LogP) is 5.43. The van der Waals surface area contributed by atoms with Crippen molar-refractivity contribution in [1.29, 1.82) is 0 Å². The van der Waals surface area contributed by atoms with Crippen molar-refractivity contribution in [2.75, 3.05) is 11.9 Å². The van der Waals surface area contributed by atoms with E-state index in [1.807, 2.05) is 24.3 Å². The summed E-state index contributed by atoms with van der Waals surface area (Å²) in [6.45, 7) is 2.95. The summed E-state index contributed by atoms with van der Waals surface area (Å²) >= 11 is 5.26. The van der Waals surface area contributed by atoms with Crippen LogP contribution in [-0.4, -0.2) is 17.6 Å². The number of hydrogen-bond acceptors (Lipinski definition) is 3. The average molecular weight is 377 g/mol. The van der Waals surface area contributed by atoms with Crippen LogP contribution in [0.25, 0.3) is 0 Å². The van der Waals surface area contributed by atoms with Crippen LogP contribution in [0.3, 0.4) is 0 Å². The lowest BCUT2D eigenvalue weighted by Gasteiger charge is -2.13. The molecule has 2 N–H and O–H groups in total. The third-order valence-corrected chi connectivity index (χ3v) is 5.01. The Morgan fingerprint density at radius 1 is 1.19 bits per heavy atom. The second kappa shape index (κ2) is 11.9. The lowest BCUT2D eigenvalue weighted by molar-refractivity contribution is -0.120. The minimum Gasteiger partial charge on any atom is -0.494 e. The molecule has 1 saturated carbocycles. The zero-order chi connectivity index (χ0) is 18.6. The van der Waals surface area contributed by atoms with Gasteiger partial charge in [0.25, 0.3) is 0 Å². The number of amides is 1. The van der Waals surface area contributed by atoms with E-state index in [-0.39, 0.29) is 5.91 Å². The molecule has 144 valence electrons. The maximum absolute atomic E-state index is 12.1. The molecule has 0 aliphatic heterocycles. The van der Waals surface area contributed by atoms with Gasteiger partial charge >= 0.3 is 0 Å². The standard InChI is InChI=1S/C21H32N2O2S/c1-2-3-4-5-8-14-25-19-13-9-12-18(16-19)22-21(26)23-20(24)15-17-10-6-7-11-17/h9,12-13,16-17H,2-8,10-11,14-15H2,1H3,(H2,22,23,24,26). The molecule has 0 spiro atoms. The van der Waals surface area contributed by atoms with Crippen molar-refractivity contribution in [3.05, 3.63) is 24.3 Å². The number of rotatable bonds is 10. The summed E-state index contributed by atoms with van der Waals surface area (Å²) < 4.78 is 5.81. The predicted molar refractivity (Wildman–Crippen MR) is 112 cm³/mol. The highest BCUT2D eigenvalue weighted by Gasteiger charge is 2.18. The van der Waals surface area contributed by atoms with E-state index in [2.05, 4.69) is 17.6 Å². The Morgan fingerprint density at radius 2 is 1.96 bits per heavy atom. The van der Waals surface area contributed by atoms with Crippen molar-refractivity contribution in [3.63, 3.8) is 0 Å². The number of unbranched alkanes of at least 4 members (excludes halogenated alkanes) is 4. The van der Waals surface area contributed by atoms with E-state index in [4.69, 9.17) is 17.0 Å². The van der Waals surface area contributed by atoms with Gasteiger partial charge in [0.2, 0.25) is 5.91 Å². The van der Waals surface area contributed by atoms with Gasteiger partial charge in [0, 0.05) is 18.2 Å². The molecular formula is C21H32N2O2S. The first-order valence-electron chi connectivity index (χ1n) is 10.0. The van der Waals surface area contributed by atoms with Crippen molar-refractivity contribution in [2.24, 2.45) is 5.92 Å². The van der Waals surface area contributed by atoms with Gasteiger partial charge in [-0.15, -0.1) is 0 Å². The van der Waals surface area contributed by atoms with Crippen molar-refractivity contribution in [2.45, 2.75) is 71.1 Å². The fraction of sp³-hybridized carbons (Fsp3) is 0.619. The third-order valence-electron chi connectivity index (χ3n) is 4.81. The highest BCUT2D eigenvalue weighted by Crippen LogP contribution is 2.27. The van der Waals surface area contributed by atoms with Crippen LogP contribution in [-0.2, 0) is 4.79 Å². The summed E-state index contributed by atoms with van der Waals surface area (Å²) in [6.07, 6.45) is 11.5. The maximum atomic E-state index is 12.1. The summed E-state index contributed by atoms with van der Waals surface area (Å²) in [4.78, 5) is 12.1. The van der Waals surface area contributed by atoms with Gasteiger partial charge in [0.15, 0.2) is 5.11 Å². The van der Waals surface area contributed by atoms with Crippen LogP contribution in [0.5, 0.6) is 5.75 Å². The molecule has 1 fully saturated rings. The highest BCUT2D eigenvalue weighted by atomic mass is 32.1. The maximum Gasteiger partial charge on any atom is 0.226 e. The summed E-state index contributed by atoms with van der Waals surface area (Å²) in [7, 11) is 0. The zero-order valence-corrected chi connectivity index (χ0v) is 16.7. The molecule has 0 bridgehead atoms. The summed E-state index contributed by atoms with van der Waals surface area (Å²) in [6, 6.07) is 7.71. The molecule has 0 heterocycles. The van der Waals surface area contributed by atoms with Gasteiger partial charge in [0.05, 0.1) is 6.61 Å². The second-order valence-electron chi connectivity index (χ2n) is 7.15. The molecule has 2 rings (SSSR count). The quantitative estimate of drug-likeness (QED) is 0.422. The van der Waals surface area contributed by atoms with Gasteiger partial charge in [-0.2, -0.15) is 0 Å². The fourth-order valence-electron chi connectivity index (χ4n) is 3.38. The highest BCUT2D eigenvalue weighted by molar-refractivity contribution is 7.80. The summed E-state index contributed by atoms with van der Waals surface area (Å²) in [5.74, 6) is 1.35. The van der Waals surface area contributed by atoms with Gasteiger partial charge in [-0.05, 0) is 49.5 Å². The third kappa shape index (κ3) is 8.17. The molecule has 0 atom stereocenters. The van der Waals surface area contributed by atoms with Crippen LogP contribution in [0.15, 0.2) is 24.3 Å². The molecule has 0 unspecified atom stereocenters. The van der Waals surface area contributed by atoms with Crippen molar-refractivity contribution in [3.8, 4) is 5.75 Å². The monoisotopic (exact) mass is 376 g/mol. The Bertz CT molecular complexity index is 571. The topological polar surface area (TPSA) is 50.4 Å². The summed E-state index contributed by atoms with van der Waals surface area (Å²) in [5.41, 5.74) is 0.833. The normalized spacial score (nSPS) is 14.2. The van der Waals surface area contributed by atoms with Crippen LogP contribution in [0.4, 0.5) is 5.69 Å². The van der Waals surface area contributed by atoms with Crippen molar-refractivity contribution >= 4 is 28.9 Å². The number of carbonyl (C=O) groups excluding carboxylic acids is 1.